The first-order valence-corrected chi connectivity index (χ1v) is 7.60. The lowest BCUT2D eigenvalue weighted by atomic mass is 10.0. The molecule has 0 aliphatic heterocycles. The summed E-state index contributed by atoms with van der Waals surface area (Å²) in [4.78, 5) is -0.358. The summed E-state index contributed by atoms with van der Waals surface area (Å²) >= 11 is 18.6. The van der Waals surface area contributed by atoms with Gasteiger partial charge in [-0.3, -0.25) is 0 Å². The van der Waals surface area contributed by atoms with Gasteiger partial charge in [-0.2, -0.15) is 0 Å². The molecule has 0 aromatic heterocycles. The fourth-order valence-corrected chi connectivity index (χ4v) is 3.15. The van der Waals surface area contributed by atoms with Gasteiger partial charge in [-0.05, 0) is 51.3 Å². The van der Waals surface area contributed by atoms with Gasteiger partial charge in [0.05, 0.1) is 9.85 Å². The third-order valence-electron chi connectivity index (χ3n) is 2.55. The highest BCUT2D eigenvalue weighted by Gasteiger charge is 2.17. The molecule has 1 unspecified atom stereocenters. The van der Waals surface area contributed by atoms with Crippen molar-refractivity contribution in [1.29, 1.82) is 0 Å². The lowest BCUT2D eigenvalue weighted by molar-refractivity contribution is 0.507. The highest BCUT2D eigenvalue weighted by atomic mass is 79.9. The maximum Gasteiger partial charge on any atom is 0.160 e. The molecular weight excluding hydrogens is 425 g/mol. The zero-order valence-corrected chi connectivity index (χ0v) is 13.9. The summed E-state index contributed by atoms with van der Waals surface area (Å²) in [6.07, 6.45) is 0. The van der Waals surface area contributed by atoms with Crippen molar-refractivity contribution >= 4 is 55.1 Å². The van der Waals surface area contributed by atoms with Gasteiger partial charge in [0, 0.05) is 9.50 Å². The molecule has 100 valence electrons. The molecule has 0 fully saturated rings. The first-order chi connectivity index (χ1) is 8.90. The molecule has 0 heterocycles. The Bertz CT molecular complexity index is 632. The smallest absolute Gasteiger partial charge is 0.160 e. The average Bonchev–Trinajstić information content (AvgIpc) is 2.36. The van der Waals surface area contributed by atoms with Gasteiger partial charge in [-0.25, -0.2) is 8.78 Å². The van der Waals surface area contributed by atoms with E-state index in [1.165, 1.54) is 0 Å². The van der Waals surface area contributed by atoms with Crippen LogP contribution in [0.3, 0.4) is 0 Å². The van der Waals surface area contributed by atoms with E-state index in [4.69, 9.17) is 23.2 Å². The predicted octanol–water partition coefficient (Wildman–Crippen LogP) is 6.52. The van der Waals surface area contributed by atoms with E-state index in [0.29, 0.717) is 10.6 Å². The normalized spacial score (nSPS) is 12.5. The Labute approximate surface area is 136 Å². The Hall–Kier alpha value is -0.160. The van der Waals surface area contributed by atoms with Gasteiger partial charge >= 0.3 is 0 Å². The van der Waals surface area contributed by atoms with Crippen LogP contribution in [-0.4, -0.2) is 0 Å². The average molecular weight is 431 g/mol. The third kappa shape index (κ3) is 3.30. The fraction of sp³-hybridized carbons (Fsp3) is 0.0769. The molecule has 0 nitrogen and oxygen atoms in total. The number of halogens is 6. The summed E-state index contributed by atoms with van der Waals surface area (Å²) in [5.74, 6) is -1.90. The zero-order chi connectivity index (χ0) is 14.2. The maximum atomic E-state index is 13.3. The second kappa shape index (κ2) is 6.08. The number of hydrogen-bond donors (Lipinski definition) is 0. The minimum absolute atomic E-state index is 0.159. The number of rotatable bonds is 2. The van der Waals surface area contributed by atoms with Crippen LogP contribution in [0.15, 0.2) is 34.8 Å². The molecule has 0 radical (unpaired) electrons. The Morgan fingerprint density at radius 1 is 0.947 bits per heavy atom. The van der Waals surface area contributed by atoms with E-state index in [1.54, 1.807) is 18.2 Å². The van der Waals surface area contributed by atoms with Gasteiger partial charge in [0.1, 0.15) is 0 Å². The highest BCUT2D eigenvalue weighted by molar-refractivity contribution is 9.10. The topological polar surface area (TPSA) is 0 Å². The van der Waals surface area contributed by atoms with E-state index >= 15 is 0 Å². The minimum Gasteiger partial charge on any atom is -0.204 e. The van der Waals surface area contributed by atoms with Crippen LogP contribution in [0.4, 0.5) is 8.78 Å². The second-order valence-corrected chi connectivity index (χ2v) is 6.41. The highest BCUT2D eigenvalue weighted by Crippen LogP contribution is 2.38. The van der Waals surface area contributed by atoms with Gasteiger partial charge in [-0.15, -0.1) is 0 Å². The van der Waals surface area contributed by atoms with Crippen LogP contribution in [-0.2, 0) is 0 Å². The summed E-state index contributed by atoms with van der Waals surface area (Å²) < 4.78 is 27.1. The van der Waals surface area contributed by atoms with Gasteiger partial charge in [-0.1, -0.05) is 45.2 Å². The van der Waals surface area contributed by atoms with Gasteiger partial charge in [0.25, 0.3) is 0 Å². The lowest BCUT2D eigenvalue weighted by Crippen LogP contribution is -1.97. The third-order valence-corrected chi connectivity index (χ3v) is 5.11. The number of alkyl halides is 1. The Morgan fingerprint density at radius 2 is 1.58 bits per heavy atom. The Morgan fingerprint density at radius 3 is 2.21 bits per heavy atom. The standard InChI is InChI=1S/C13H6Br2Cl2F2/c14-8-3-6(1-2-9(8)16)13(15)7-4-11(18)12(19)5-10(7)17/h1-5,13H. The van der Waals surface area contributed by atoms with Crippen molar-refractivity contribution < 1.29 is 8.78 Å². The first-order valence-electron chi connectivity index (χ1n) is 5.13. The molecule has 0 N–H and O–H groups in total. The quantitative estimate of drug-likeness (QED) is 0.376. The van der Waals surface area contributed by atoms with E-state index in [9.17, 15) is 8.78 Å². The summed E-state index contributed by atoms with van der Waals surface area (Å²) in [5.41, 5.74) is 1.28. The van der Waals surface area contributed by atoms with Gasteiger partial charge < -0.3 is 0 Å². The molecular formula is C13H6Br2Cl2F2. The van der Waals surface area contributed by atoms with Crippen LogP contribution in [0.1, 0.15) is 16.0 Å². The molecule has 19 heavy (non-hydrogen) atoms. The Balaban J connectivity index is 2.46. The molecule has 0 saturated heterocycles. The van der Waals surface area contributed by atoms with Crippen LogP contribution < -0.4 is 0 Å². The van der Waals surface area contributed by atoms with Crippen LogP contribution in [0.25, 0.3) is 0 Å². The minimum atomic E-state index is -0.967. The second-order valence-electron chi connectivity index (χ2n) is 3.82. The maximum absolute atomic E-state index is 13.3. The fourth-order valence-electron chi connectivity index (χ4n) is 1.58. The summed E-state index contributed by atoms with van der Waals surface area (Å²) in [5, 5.41) is 0.728. The molecule has 0 spiro atoms. The number of benzene rings is 2. The summed E-state index contributed by atoms with van der Waals surface area (Å²) in [7, 11) is 0. The zero-order valence-electron chi connectivity index (χ0n) is 9.23. The van der Waals surface area contributed by atoms with Crippen LogP contribution in [0, 0.1) is 11.6 Å². The van der Waals surface area contributed by atoms with Crippen molar-refractivity contribution in [3.05, 3.63) is 67.6 Å². The summed E-state index contributed by atoms with van der Waals surface area (Å²) in [6.45, 7) is 0. The molecule has 2 rings (SSSR count). The summed E-state index contributed by atoms with van der Waals surface area (Å²) in [6, 6.07) is 7.33. The van der Waals surface area contributed by atoms with Crippen molar-refractivity contribution in [3.63, 3.8) is 0 Å². The van der Waals surface area contributed by atoms with Crippen LogP contribution in [0.5, 0.6) is 0 Å². The van der Waals surface area contributed by atoms with E-state index in [2.05, 4.69) is 31.9 Å². The van der Waals surface area contributed by atoms with Gasteiger partial charge in [0.2, 0.25) is 0 Å². The van der Waals surface area contributed by atoms with Crippen molar-refractivity contribution in [2.24, 2.45) is 0 Å². The largest absolute Gasteiger partial charge is 0.204 e. The van der Waals surface area contributed by atoms with Crippen molar-refractivity contribution in [1.82, 2.24) is 0 Å². The molecule has 0 amide bonds. The van der Waals surface area contributed by atoms with Crippen molar-refractivity contribution in [2.75, 3.05) is 0 Å². The molecule has 6 heteroatoms. The molecule has 2 aromatic rings. The van der Waals surface area contributed by atoms with E-state index in [-0.39, 0.29) is 9.85 Å². The Kier molecular flexibility index (Phi) is 4.88. The lowest BCUT2D eigenvalue weighted by Gasteiger charge is -2.14. The van der Waals surface area contributed by atoms with Gasteiger partial charge in [0.15, 0.2) is 11.6 Å². The van der Waals surface area contributed by atoms with E-state index < -0.39 is 11.6 Å². The SMILES string of the molecule is Fc1cc(Cl)c(C(Br)c2ccc(Cl)c(Br)c2)cc1F. The monoisotopic (exact) mass is 428 g/mol. The van der Waals surface area contributed by atoms with Crippen molar-refractivity contribution in [3.8, 4) is 0 Å². The van der Waals surface area contributed by atoms with Crippen LogP contribution >= 0.6 is 55.1 Å². The molecule has 0 saturated carbocycles. The first kappa shape index (κ1) is 15.2. The van der Waals surface area contributed by atoms with Crippen molar-refractivity contribution in [2.45, 2.75) is 4.83 Å². The molecule has 0 aliphatic carbocycles. The molecule has 1 atom stereocenters. The van der Waals surface area contributed by atoms with E-state index in [1.807, 2.05) is 0 Å². The number of hydrogen-bond acceptors (Lipinski definition) is 0. The van der Waals surface area contributed by atoms with Crippen LogP contribution in [0.2, 0.25) is 10.0 Å². The predicted molar refractivity (Wildman–Crippen MR) is 81.3 cm³/mol. The van der Waals surface area contributed by atoms with E-state index in [0.717, 1.165) is 22.2 Å². The molecule has 0 bridgehead atoms. The molecule has 2 aromatic carbocycles. The molecule has 0 aliphatic rings.